The van der Waals surface area contributed by atoms with Gasteiger partial charge in [-0.2, -0.15) is 0 Å². The number of benzene rings is 1. The molecule has 1 aliphatic heterocycles. The van der Waals surface area contributed by atoms with Crippen LogP contribution >= 0.6 is 0 Å². The van der Waals surface area contributed by atoms with E-state index >= 15 is 0 Å². The Balaban J connectivity index is 1.68. The molecule has 0 atom stereocenters. The molecule has 2 N–H and O–H groups in total. The largest absolute Gasteiger partial charge is 0.375 e. The van der Waals surface area contributed by atoms with Crippen molar-refractivity contribution >= 4 is 15.8 Å². The van der Waals surface area contributed by atoms with Crippen LogP contribution in [0, 0.1) is 0 Å². The molecular weight excluding hydrogens is 376 g/mol. The van der Waals surface area contributed by atoms with Crippen molar-refractivity contribution in [2.75, 3.05) is 51.3 Å². The molecule has 0 amide bonds. The number of likely N-dealkylation sites (tertiary alicyclic amines) is 1. The topological polar surface area (TPSA) is 83.0 Å². The van der Waals surface area contributed by atoms with Gasteiger partial charge in [0.1, 0.15) is 9.84 Å². The molecule has 28 heavy (non-hydrogen) atoms. The van der Waals surface area contributed by atoms with E-state index in [9.17, 15) is 8.42 Å². The van der Waals surface area contributed by atoms with Crippen molar-refractivity contribution in [1.82, 2.24) is 15.5 Å². The second-order valence-corrected chi connectivity index (χ2v) is 9.45. The van der Waals surface area contributed by atoms with E-state index < -0.39 is 9.84 Å². The van der Waals surface area contributed by atoms with E-state index in [1.807, 2.05) is 18.2 Å². The Bertz CT molecular complexity index is 687. The molecule has 1 fully saturated rings. The van der Waals surface area contributed by atoms with Gasteiger partial charge < -0.3 is 20.3 Å². The molecule has 158 valence electrons. The zero-order chi connectivity index (χ0) is 20.2. The van der Waals surface area contributed by atoms with Crippen LogP contribution in [-0.2, 0) is 21.2 Å². The van der Waals surface area contributed by atoms with Crippen molar-refractivity contribution in [2.24, 2.45) is 4.99 Å². The maximum atomic E-state index is 11.3. The number of aliphatic imine (C=N–C) groups is 1. The summed E-state index contributed by atoms with van der Waals surface area (Å²) in [5.74, 6) is 1.05. The van der Waals surface area contributed by atoms with Gasteiger partial charge in [-0.3, -0.25) is 4.99 Å². The summed E-state index contributed by atoms with van der Waals surface area (Å²) in [4.78, 5) is 6.83. The van der Waals surface area contributed by atoms with Gasteiger partial charge in [0, 0.05) is 38.5 Å². The first kappa shape index (κ1) is 22.6. The third-order valence-electron chi connectivity index (χ3n) is 4.67. The number of rotatable bonds is 10. The molecule has 7 nitrogen and oxygen atoms in total. The quantitative estimate of drug-likeness (QED) is 0.343. The van der Waals surface area contributed by atoms with E-state index in [-0.39, 0.29) is 5.75 Å². The molecule has 0 unspecified atom stereocenters. The number of nitrogens with one attached hydrogen (secondary N) is 2. The van der Waals surface area contributed by atoms with Crippen molar-refractivity contribution in [2.45, 2.75) is 32.4 Å². The molecule has 0 bridgehead atoms. The number of sulfone groups is 1. The predicted molar refractivity (Wildman–Crippen MR) is 114 cm³/mol. The predicted octanol–water partition coefficient (Wildman–Crippen LogP) is 1.27. The van der Waals surface area contributed by atoms with Crippen LogP contribution in [0.5, 0.6) is 0 Å². The lowest BCUT2D eigenvalue weighted by atomic mass is 10.1. The molecular formula is C20H34N4O3S. The summed E-state index contributed by atoms with van der Waals surface area (Å²) in [7, 11) is -2.89. The third-order valence-corrected chi connectivity index (χ3v) is 5.59. The molecule has 0 aliphatic carbocycles. The van der Waals surface area contributed by atoms with Crippen molar-refractivity contribution in [1.29, 1.82) is 0 Å². The van der Waals surface area contributed by atoms with Gasteiger partial charge in [0.25, 0.3) is 0 Å². The molecule has 8 heteroatoms. The number of hydrogen-bond acceptors (Lipinski definition) is 5. The summed E-state index contributed by atoms with van der Waals surface area (Å²) in [6, 6.07) is 10.5. The Labute approximate surface area is 169 Å². The lowest BCUT2D eigenvalue weighted by molar-refractivity contribution is 0.128. The van der Waals surface area contributed by atoms with Gasteiger partial charge in [-0.05, 0) is 25.3 Å². The molecule has 2 rings (SSSR count). The highest BCUT2D eigenvalue weighted by atomic mass is 32.2. The fraction of sp³-hybridized carbons (Fsp3) is 0.650. The number of nitrogens with zero attached hydrogens (tertiary/aromatic N) is 2. The van der Waals surface area contributed by atoms with Gasteiger partial charge in [-0.15, -0.1) is 0 Å². The van der Waals surface area contributed by atoms with Gasteiger partial charge in [-0.1, -0.05) is 30.3 Å². The van der Waals surface area contributed by atoms with Gasteiger partial charge in [-0.25, -0.2) is 8.42 Å². The van der Waals surface area contributed by atoms with Crippen LogP contribution in [0.1, 0.15) is 25.3 Å². The molecule has 0 aromatic heterocycles. The highest BCUT2D eigenvalue weighted by Crippen LogP contribution is 2.10. The zero-order valence-corrected chi connectivity index (χ0v) is 17.9. The summed E-state index contributed by atoms with van der Waals surface area (Å²) < 4.78 is 28.3. The van der Waals surface area contributed by atoms with Crippen LogP contribution in [-0.4, -0.2) is 76.7 Å². The molecule has 1 aromatic carbocycles. The van der Waals surface area contributed by atoms with Crippen LogP contribution < -0.4 is 10.6 Å². The SMILES string of the molecule is CCNC(=NCCOCc1ccccc1)NC1CCN(CCS(C)(=O)=O)CC1. The van der Waals surface area contributed by atoms with Crippen molar-refractivity contribution in [3.63, 3.8) is 0 Å². The van der Waals surface area contributed by atoms with Gasteiger partial charge in [0.2, 0.25) is 0 Å². The minimum atomic E-state index is -2.89. The third kappa shape index (κ3) is 9.52. The summed E-state index contributed by atoms with van der Waals surface area (Å²) in [5, 5.41) is 6.78. The summed E-state index contributed by atoms with van der Waals surface area (Å²) in [6.45, 7) is 7.09. The van der Waals surface area contributed by atoms with Crippen LogP contribution in [0.4, 0.5) is 0 Å². The maximum Gasteiger partial charge on any atom is 0.191 e. The van der Waals surface area contributed by atoms with E-state index in [1.165, 1.54) is 11.8 Å². The molecule has 1 saturated heterocycles. The molecule has 0 spiro atoms. The van der Waals surface area contributed by atoms with Crippen LogP contribution in [0.2, 0.25) is 0 Å². The first-order chi connectivity index (χ1) is 13.5. The minimum absolute atomic E-state index is 0.234. The van der Waals surface area contributed by atoms with Gasteiger partial charge in [0.15, 0.2) is 5.96 Å². The Morgan fingerprint density at radius 2 is 1.96 bits per heavy atom. The fourth-order valence-corrected chi connectivity index (χ4v) is 3.69. The van der Waals surface area contributed by atoms with Crippen LogP contribution in [0.25, 0.3) is 0 Å². The molecule has 1 aromatic rings. The molecule has 0 saturated carbocycles. The standard InChI is InChI=1S/C20H34N4O3S/c1-3-21-20(22-11-15-27-17-18-7-5-4-6-8-18)23-19-9-12-24(13-10-19)14-16-28(2,25)26/h4-8,19H,3,9-17H2,1-2H3,(H2,21,22,23). The lowest BCUT2D eigenvalue weighted by Crippen LogP contribution is -2.49. The number of hydrogen-bond donors (Lipinski definition) is 2. The van der Waals surface area contributed by atoms with Crippen molar-refractivity contribution in [3.05, 3.63) is 35.9 Å². The Morgan fingerprint density at radius 1 is 1.25 bits per heavy atom. The van der Waals surface area contributed by atoms with Crippen LogP contribution in [0.3, 0.4) is 0 Å². The average Bonchev–Trinajstić information content (AvgIpc) is 2.67. The summed E-state index contributed by atoms with van der Waals surface area (Å²) in [5.41, 5.74) is 1.17. The average molecular weight is 411 g/mol. The summed E-state index contributed by atoms with van der Waals surface area (Å²) in [6.07, 6.45) is 3.27. The molecule has 0 radical (unpaired) electrons. The second kappa shape index (κ2) is 12.0. The highest BCUT2D eigenvalue weighted by molar-refractivity contribution is 7.90. The van der Waals surface area contributed by atoms with E-state index in [0.29, 0.717) is 32.3 Å². The Hall–Kier alpha value is -1.64. The van der Waals surface area contributed by atoms with Crippen LogP contribution in [0.15, 0.2) is 35.3 Å². The number of piperidine rings is 1. The monoisotopic (exact) mass is 410 g/mol. The number of ether oxygens (including phenoxy) is 1. The van der Waals surface area contributed by atoms with Gasteiger partial charge in [0.05, 0.1) is 25.5 Å². The lowest BCUT2D eigenvalue weighted by Gasteiger charge is -2.32. The smallest absolute Gasteiger partial charge is 0.191 e. The van der Waals surface area contributed by atoms with E-state index in [0.717, 1.165) is 38.4 Å². The second-order valence-electron chi connectivity index (χ2n) is 7.19. The highest BCUT2D eigenvalue weighted by Gasteiger charge is 2.20. The zero-order valence-electron chi connectivity index (χ0n) is 17.1. The van der Waals surface area contributed by atoms with E-state index in [2.05, 4.69) is 39.6 Å². The van der Waals surface area contributed by atoms with E-state index in [4.69, 9.17) is 4.74 Å². The molecule has 1 aliphatic rings. The van der Waals surface area contributed by atoms with Gasteiger partial charge >= 0.3 is 0 Å². The minimum Gasteiger partial charge on any atom is -0.375 e. The number of guanidine groups is 1. The van der Waals surface area contributed by atoms with Crippen molar-refractivity contribution in [3.8, 4) is 0 Å². The fourth-order valence-electron chi connectivity index (χ4n) is 3.10. The molecule has 1 heterocycles. The Morgan fingerprint density at radius 3 is 2.61 bits per heavy atom. The summed E-state index contributed by atoms with van der Waals surface area (Å²) >= 11 is 0. The van der Waals surface area contributed by atoms with E-state index in [1.54, 1.807) is 0 Å². The first-order valence-electron chi connectivity index (χ1n) is 10.0. The Kier molecular flexibility index (Phi) is 9.73. The van der Waals surface area contributed by atoms with Crippen molar-refractivity contribution < 1.29 is 13.2 Å². The first-order valence-corrected chi connectivity index (χ1v) is 12.1. The maximum absolute atomic E-state index is 11.3. The normalized spacial score (nSPS) is 16.9.